The number of nitrogens with two attached hydrogens (primary N) is 2. The third kappa shape index (κ3) is 3.62. The van der Waals surface area contributed by atoms with E-state index in [9.17, 15) is 8.42 Å². The molecule has 0 aliphatic carbocycles. The van der Waals surface area contributed by atoms with E-state index in [2.05, 4.69) is 17.1 Å². The van der Waals surface area contributed by atoms with Crippen LogP contribution in [-0.4, -0.2) is 39.5 Å². The zero-order valence-corrected chi connectivity index (χ0v) is 12.5. The fourth-order valence-corrected chi connectivity index (χ4v) is 3.05. The monoisotopic (exact) mass is 298 g/mol. The van der Waals surface area contributed by atoms with Gasteiger partial charge in [-0.1, -0.05) is 6.92 Å². The molecule has 1 heterocycles. The molecule has 1 atom stereocenters. The third-order valence-electron chi connectivity index (χ3n) is 3.75. The van der Waals surface area contributed by atoms with E-state index in [0.717, 1.165) is 31.9 Å². The van der Waals surface area contributed by atoms with Crippen molar-refractivity contribution in [2.75, 3.05) is 37.2 Å². The van der Waals surface area contributed by atoms with E-state index in [4.69, 9.17) is 10.9 Å². The van der Waals surface area contributed by atoms with Crippen molar-refractivity contribution < 1.29 is 8.42 Å². The molecule has 1 fully saturated rings. The van der Waals surface area contributed by atoms with Crippen LogP contribution in [0.15, 0.2) is 23.1 Å². The number of likely N-dealkylation sites (tertiary alicyclic amines) is 1. The average Bonchev–Trinajstić information content (AvgIpc) is 2.84. The molecule has 1 aromatic rings. The summed E-state index contributed by atoms with van der Waals surface area (Å²) >= 11 is 0. The van der Waals surface area contributed by atoms with Gasteiger partial charge in [-0.2, -0.15) is 0 Å². The Kier molecular flexibility index (Phi) is 4.52. The summed E-state index contributed by atoms with van der Waals surface area (Å²) < 4.78 is 22.5. The summed E-state index contributed by atoms with van der Waals surface area (Å²) in [6, 6.07) is 4.54. The maximum absolute atomic E-state index is 11.2. The summed E-state index contributed by atoms with van der Waals surface area (Å²) in [4.78, 5) is 2.46. The minimum absolute atomic E-state index is 0.0403. The lowest BCUT2D eigenvalue weighted by Crippen LogP contribution is -2.22. The quantitative estimate of drug-likeness (QED) is 0.694. The van der Waals surface area contributed by atoms with E-state index in [1.807, 2.05) is 0 Å². The van der Waals surface area contributed by atoms with Crippen molar-refractivity contribution in [1.82, 2.24) is 4.90 Å². The van der Waals surface area contributed by atoms with Crippen LogP contribution in [0.1, 0.15) is 13.3 Å². The highest BCUT2D eigenvalue weighted by Crippen LogP contribution is 2.23. The maximum Gasteiger partial charge on any atom is 0.238 e. The van der Waals surface area contributed by atoms with Crippen LogP contribution in [0.3, 0.4) is 0 Å². The molecule has 6 nitrogen and oxygen atoms in total. The van der Waals surface area contributed by atoms with Crippen molar-refractivity contribution >= 4 is 21.4 Å². The molecule has 5 N–H and O–H groups in total. The number of sulfonamides is 1. The Labute approximate surface area is 120 Å². The summed E-state index contributed by atoms with van der Waals surface area (Å²) in [5.74, 6) is 0.604. The van der Waals surface area contributed by atoms with E-state index in [1.165, 1.54) is 18.6 Å². The number of anilines is 2. The van der Waals surface area contributed by atoms with Crippen LogP contribution in [0.4, 0.5) is 11.4 Å². The number of primary sulfonamides is 1. The van der Waals surface area contributed by atoms with Gasteiger partial charge in [0.1, 0.15) is 0 Å². The second-order valence-electron chi connectivity index (χ2n) is 5.22. The van der Waals surface area contributed by atoms with Gasteiger partial charge in [-0.05, 0) is 43.6 Å². The van der Waals surface area contributed by atoms with Gasteiger partial charge in [0.15, 0.2) is 0 Å². The van der Waals surface area contributed by atoms with Crippen LogP contribution in [-0.2, 0) is 10.0 Å². The Morgan fingerprint density at radius 1 is 1.45 bits per heavy atom. The van der Waals surface area contributed by atoms with E-state index in [1.54, 1.807) is 6.07 Å². The zero-order valence-electron chi connectivity index (χ0n) is 11.7. The zero-order chi connectivity index (χ0) is 14.8. The standard InChI is InChI=1S/C13H22N4O2S/c1-2-17-6-5-10(9-17)8-16-13-4-3-11(7-12(13)14)20(15,18)19/h3-4,7,10,16H,2,5-6,8-9,14H2,1H3,(H2,15,18,19). The molecule has 1 aliphatic rings. The van der Waals surface area contributed by atoms with Gasteiger partial charge in [0.2, 0.25) is 10.0 Å². The van der Waals surface area contributed by atoms with Gasteiger partial charge in [-0.25, -0.2) is 13.6 Å². The topological polar surface area (TPSA) is 101 Å². The van der Waals surface area contributed by atoms with Gasteiger partial charge in [-0.3, -0.25) is 0 Å². The highest BCUT2D eigenvalue weighted by molar-refractivity contribution is 7.89. The first-order valence-electron chi connectivity index (χ1n) is 6.78. The highest BCUT2D eigenvalue weighted by atomic mass is 32.2. The molecule has 0 aromatic heterocycles. The molecule has 0 bridgehead atoms. The summed E-state index contributed by atoms with van der Waals surface area (Å²) in [5, 5.41) is 8.36. The number of rotatable bonds is 5. The molecule has 0 saturated carbocycles. The van der Waals surface area contributed by atoms with Crippen molar-refractivity contribution in [3.8, 4) is 0 Å². The molecule has 1 saturated heterocycles. The first-order valence-corrected chi connectivity index (χ1v) is 8.33. The molecular formula is C13H22N4O2S. The van der Waals surface area contributed by atoms with Gasteiger partial charge >= 0.3 is 0 Å². The van der Waals surface area contributed by atoms with Crippen molar-refractivity contribution in [3.63, 3.8) is 0 Å². The van der Waals surface area contributed by atoms with Gasteiger partial charge in [0.25, 0.3) is 0 Å². The van der Waals surface area contributed by atoms with Crippen molar-refractivity contribution in [2.24, 2.45) is 11.1 Å². The van der Waals surface area contributed by atoms with Crippen LogP contribution in [0.25, 0.3) is 0 Å². The molecule has 1 aromatic carbocycles. The average molecular weight is 298 g/mol. The van der Waals surface area contributed by atoms with Gasteiger partial charge < -0.3 is 16.0 Å². The van der Waals surface area contributed by atoms with Crippen LogP contribution in [0.2, 0.25) is 0 Å². The lowest BCUT2D eigenvalue weighted by Gasteiger charge is -2.15. The molecule has 112 valence electrons. The van der Waals surface area contributed by atoms with Gasteiger partial charge in [-0.15, -0.1) is 0 Å². The van der Waals surface area contributed by atoms with E-state index >= 15 is 0 Å². The molecule has 7 heteroatoms. The van der Waals surface area contributed by atoms with Crippen molar-refractivity contribution in [1.29, 1.82) is 0 Å². The van der Waals surface area contributed by atoms with E-state index in [0.29, 0.717) is 11.6 Å². The lowest BCUT2D eigenvalue weighted by molar-refractivity contribution is 0.345. The molecule has 1 aliphatic heterocycles. The SMILES string of the molecule is CCN1CCC(CNc2ccc(S(N)(=O)=O)cc2N)C1. The number of benzene rings is 1. The molecule has 0 amide bonds. The largest absolute Gasteiger partial charge is 0.397 e. The Hall–Kier alpha value is -1.31. The van der Waals surface area contributed by atoms with Crippen LogP contribution in [0.5, 0.6) is 0 Å². The fraction of sp³-hybridized carbons (Fsp3) is 0.538. The van der Waals surface area contributed by atoms with Crippen LogP contribution < -0.4 is 16.2 Å². The number of hydrogen-bond donors (Lipinski definition) is 3. The maximum atomic E-state index is 11.2. The highest BCUT2D eigenvalue weighted by Gasteiger charge is 2.21. The first kappa shape index (κ1) is 15.1. The number of nitrogen functional groups attached to an aromatic ring is 1. The normalized spacial score (nSPS) is 20.2. The minimum Gasteiger partial charge on any atom is -0.397 e. The Morgan fingerprint density at radius 3 is 2.75 bits per heavy atom. The van der Waals surface area contributed by atoms with Crippen LogP contribution in [0, 0.1) is 5.92 Å². The van der Waals surface area contributed by atoms with E-state index in [-0.39, 0.29) is 4.90 Å². The smallest absolute Gasteiger partial charge is 0.238 e. The number of hydrogen-bond acceptors (Lipinski definition) is 5. The van der Waals surface area contributed by atoms with Crippen molar-refractivity contribution in [2.45, 2.75) is 18.2 Å². The second kappa shape index (κ2) is 5.99. The molecule has 2 rings (SSSR count). The molecular weight excluding hydrogens is 276 g/mol. The minimum atomic E-state index is -3.70. The second-order valence-corrected chi connectivity index (χ2v) is 6.78. The lowest BCUT2D eigenvalue weighted by atomic mass is 10.1. The third-order valence-corrected chi connectivity index (χ3v) is 4.66. The number of nitrogens with one attached hydrogen (secondary N) is 1. The fourth-order valence-electron chi connectivity index (χ4n) is 2.50. The Morgan fingerprint density at radius 2 is 2.20 bits per heavy atom. The van der Waals surface area contributed by atoms with Crippen molar-refractivity contribution in [3.05, 3.63) is 18.2 Å². The predicted molar refractivity (Wildman–Crippen MR) is 80.9 cm³/mol. The van der Waals surface area contributed by atoms with Crippen LogP contribution >= 0.6 is 0 Å². The molecule has 20 heavy (non-hydrogen) atoms. The molecule has 0 spiro atoms. The first-order chi connectivity index (χ1) is 9.40. The van der Waals surface area contributed by atoms with Gasteiger partial charge in [0, 0.05) is 13.1 Å². The summed E-state index contributed by atoms with van der Waals surface area (Å²) in [7, 11) is -3.70. The van der Waals surface area contributed by atoms with E-state index < -0.39 is 10.0 Å². The Balaban J connectivity index is 1.97. The molecule has 0 radical (unpaired) electrons. The summed E-state index contributed by atoms with van der Waals surface area (Å²) in [5.41, 5.74) is 7.02. The number of nitrogens with zero attached hydrogens (tertiary/aromatic N) is 1. The summed E-state index contributed by atoms with van der Waals surface area (Å²) in [6.07, 6.45) is 1.18. The van der Waals surface area contributed by atoms with Gasteiger partial charge in [0.05, 0.1) is 16.3 Å². The Bertz CT molecular complexity index is 574. The molecule has 1 unspecified atom stereocenters. The predicted octanol–water partition coefficient (Wildman–Crippen LogP) is 0.670. The summed E-state index contributed by atoms with van der Waals surface area (Å²) in [6.45, 7) is 6.33.